The van der Waals surface area contributed by atoms with Gasteiger partial charge >= 0.3 is 0 Å². The Labute approximate surface area is 126 Å². The quantitative estimate of drug-likeness (QED) is 0.828. The summed E-state index contributed by atoms with van der Waals surface area (Å²) < 4.78 is 0. The summed E-state index contributed by atoms with van der Waals surface area (Å²) in [5.41, 5.74) is 7.14. The molecule has 0 aliphatic carbocycles. The van der Waals surface area contributed by atoms with Gasteiger partial charge in [-0.3, -0.25) is 14.7 Å². The monoisotopic (exact) mass is 290 g/mol. The van der Waals surface area contributed by atoms with Crippen LogP contribution in [-0.4, -0.2) is 41.0 Å². The van der Waals surface area contributed by atoms with E-state index in [0.29, 0.717) is 0 Å². The maximum Gasteiger partial charge on any atom is 0.237 e. The fourth-order valence-electron chi connectivity index (χ4n) is 2.73. The van der Waals surface area contributed by atoms with Gasteiger partial charge in [-0.25, -0.2) is 0 Å². The number of hydrogen-bond acceptors (Lipinski definition) is 4. The summed E-state index contributed by atoms with van der Waals surface area (Å²) >= 11 is 0. The van der Waals surface area contributed by atoms with Crippen LogP contribution in [0.5, 0.6) is 0 Å². The van der Waals surface area contributed by atoms with Gasteiger partial charge in [0, 0.05) is 38.1 Å². The highest BCUT2D eigenvalue weighted by atomic mass is 16.2. The summed E-state index contributed by atoms with van der Waals surface area (Å²) in [6, 6.07) is 4.02. The van der Waals surface area contributed by atoms with Crippen molar-refractivity contribution in [3.8, 4) is 0 Å². The molecule has 1 aliphatic rings. The lowest BCUT2D eigenvalue weighted by atomic mass is 10.0. The summed E-state index contributed by atoms with van der Waals surface area (Å²) in [6.07, 6.45) is 7.35. The molecule has 1 amide bonds. The molecule has 0 spiro atoms. The molecule has 0 bridgehead atoms. The second-order valence-electron chi connectivity index (χ2n) is 5.81. The molecule has 5 nitrogen and oxygen atoms in total. The van der Waals surface area contributed by atoms with Crippen molar-refractivity contribution in [3.05, 3.63) is 30.1 Å². The van der Waals surface area contributed by atoms with Gasteiger partial charge in [-0.05, 0) is 37.0 Å². The van der Waals surface area contributed by atoms with Crippen LogP contribution in [0.4, 0.5) is 0 Å². The van der Waals surface area contributed by atoms with Crippen molar-refractivity contribution in [2.75, 3.05) is 13.1 Å². The largest absolute Gasteiger partial charge is 0.352 e. The molecule has 3 N–H and O–H groups in total. The van der Waals surface area contributed by atoms with Crippen molar-refractivity contribution in [2.45, 2.75) is 51.2 Å². The van der Waals surface area contributed by atoms with Gasteiger partial charge < -0.3 is 11.1 Å². The Kier molecular flexibility index (Phi) is 6.14. The van der Waals surface area contributed by atoms with Crippen molar-refractivity contribution in [1.29, 1.82) is 0 Å². The fraction of sp³-hybridized carbons (Fsp3) is 0.625. The van der Waals surface area contributed by atoms with Gasteiger partial charge in [0.25, 0.3) is 0 Å². The van der Waals surface area contributed by atoms with Crippen LogP contribution in [0.3, 0.4) is 0 Å². The summed E-state index contributed by atoms with van der Waals surface area (Å²) in [4.78, 5) is 18.4. The minimum absolute atomic E-state index is 0.00411. The average molecular weight is 290 g/mol. The summed E-state index contributed by atoms with van der Waals surface area (Å²) in [5, 5.41) is 3.09. The molecule has 1 unspecified atom stereocenters. The smallest absolute Gasteiger partial charge is 0.237 e. The Morgan fingerprint density at radius 1 is 1.43 bits per heavy atom. The van der Waals surface area contributed by atoms with E-state index in [-0.39, 0.29) is 18.0 Å². The zero-order valence-electron chi connectivity index (χ0n) is 12.8. The number of likely N-dealkylation sites (tertiary alicyclic amines) is 1. The SMILES string of the molecule is CCCC(N)C(=O)NC1CCN(Cc2ccncc2)CC1. The molecule has 1 saturated heterocycles. The van der Waals surface area contributed by atoms with E-state index in [1.165, 1.54) is 5.56 Å². The molecular weight excluding hydrogens is 264 g/mol. The van der Waals surface area contributed by atoms with Crippen molar-refractivity contribution in [1.82, 2.24) is 15.2 Å². The molecule has 116 valence electrons. The Morgan fingerprint density at radius 2 is 2.10 bits per heavy atom. The number of rotatable bonds is 6. The summed E-state index contributed by atoms with van der Waals surface area (Å²) in [7, 11) is 0. The normalized spacial score (nSPS) is 18.4. The maximum atomic E-state index is 11.9. The zero-order chi connectivity index (χ0) is 15.1. The number of nitrogens with zero attached hydrogens (tertiary/aromatic N) is 2. The number of hydrogen-bond donors (Lipinski definition) is 2. The highest BCUT2D eigenvalue weighted by molar-refractivity contribution is 5.81. The van der Waals surface area contributed by atoms with Gasteiger partial charge in [-0.15, -0.1) is 0 Å². The zero-order valence-corrected chi connectivity index (χ0v) is 12.8. The van der Waals surface area contributed by atoms with Crippen molar-refractivity contribution < 1.29 is 4.79 Å². The minimum Gasteiger partial charge on any atom is -0.352 e. The molecule has 1 aromatic heterocycles. The molecule has 21 heavy (non-hydrogen) atoms. The molecule has 5 heteroatoms. The standard InChI is InChI=1S/C16H26N4O/c1-2-3-15(17)16(21)19-14-6-10-20(11-7-14)12-13-4-8-18-9-5-13/h4-5,8-9,14-15H,2-3,6-7,10-12,17H2,1H3,(H,19,21). The second kappa shape index (κ2) is 8.10. The molecule has 2 heterocycles. The van der Waals surface area contributed by atoms with Crippen molar-refractivity contribution >= 4 is 5.91 Å². The van der Waals surface area contributed by atoms with E-state index in [0.717, 1.165) is 45.3 Å². The molecule has 0 radical (unpaired) electrons. The van der Waals surface area contributed by atoms with Crippen molar-refractivity contribution in [2.24, 2.45) is 5.73 Å². The number of nitrogens with one attached hydrogen (secondary N) is 1. The Hall–Kier alpha value is -1.46. The fourth-order valence-corrected chi connectivity index (χ4v) is 2.73. The Balaban J connectivity index is 1.72. The first-order chi connectivity index (χ1) is 10.2. The van der Waals surface area contributed by atoms with Crippen LogP contribution in [0.25, 0.3) is 0 Å². The molecule has 0 aromatic carbocycles. The van der Waals surface area contributed by atoms with Gasteiger partial charge in [-0.2, -0.15) is 0 Å². The first-order valence-electron chi connectivity index (χ1n) is 7.86. The van der Waals surface area contributed by atoms with Crippen LogP contribution in [-0.2, 0) is 11.3 Å². The first-order valence-corrected chi connectivity index (χ1v) is 7.86. The lowest BCUT2D eigenvalue weighted by Gasteiger charge is -2.32. The summed E-state index contributed by atoms with van der Waals surface area (Å²) in [5.74, 6) is 0.00411. The number of nitrogens with two attached hydrogens (primary N) is 1. The third kappa shape index (κ3) is 5.10. The van der Waals surface area contributed by atoms with E-state index in [4.69, 9.17) is 5.73 Å². The first kappa shape index (κ1) is 15.9. The number of carbonyl (C=O) groups is 1. The van der Waals surface area contributed by atoms with E-state index < -0.39 is 0 Å². The Morgan fingerprint density at radius 3 is 2.71 bits per heavy atom. The predicted molar refractivity (Wildman–Crippen MR) is 83.6 cm³/mol. The number of amides is 1. The van der Waals surface area contributed by atoms with Crippen LogP contribution in [0, 0.1) is 0 Å². The lowest BCUT2D eigenvalue weighted by molar-refractivity contribution is -0.123. The van der Waals surface area contributed by atoms with E-state index >= 15 is 0 Å². The maximum absolute atomic E-state index is 11.9. The van der Waals surface area contributed by atoms with Crippen LogP contribution >= 0.6 is 0 Å². The molecule has 1 atom stereocenters. The molecule has 1 fully saturated rings. The van der Waals surface area contributed by atoms with Crippen molar-refractivity contribution in [3.63, 3.8) is 0 Å². The number of carbonyl (C=O) groups excluding carboxylic acids is 1. The average Bonchev–Trinajstić information content (AvgIpc) is 2.50. The number of aromatic nitrogens is 1. The number of pyridine rings is 1. The van der Waals surface area contributed by atoms with Gasteiger partial charge in [0.15, 0.2) is 0 Å². The lowest BCUT2D eigenvalue weighted by Crippen LogP contribution is -2.49. The van der Waals surface area contributed by atoms with Gasteiger partial charge in [0.1, 0.15) is 0 Å². The van der Waals surface area contributed by atoms with E-state index in [9.17, 15) is 4.79 Å². The van der Waals surface area contributed by atoms with Gasteiger partial charge in [0.2, 0.25) is 5.91 Å². The van der Waals surface area contributed by atoms with Crippen LogP contribution in [0.1, 0.15) is 38.2 Å². The van der Waals surface area contributed by atoms with Crippen LogP contribution in [0.15, 0.2) is 24.5 Å². The minimum atomic E-state index is -0.357. The second-order valence-corrected chi connectivity index (χ2v) is 5.81. The molecular formula is C16H26N4O. The third-order valence-corrected chi connectivity index (χ3v) is 4.03. The van der Waals surface area contributed by atoms with Gasteiger partial charge in [-0.1, -0.05) is 13.3 Å². The predicted octanol–water partition coefficient (Wildman–Crippen LogP) is 1.29. The highest BCUT2D eigenvalue weighted by Crippen LogP contribution is 2.13. The van der Waals surface area contributed by atoms with Crippen LogP contribution < -0.4 is 11.1 Å². The van der Waals surface area contributed by atoms with Crippen LogP contribution in [0.2, 0.25) is 0 Å². The van der Waals surface area contributed by atoms with E-state index in [1.54, 1.807) is 0 Å². The highest BCUT2D eigenvalue weighted by Gasteiger charge is 2.22. The Bertz CT molecular complexity index is 429. The van der Waals surface area contributed by atoms with E-state index in [2.05, 4.69) is 27.3 Å². The molecule has 2 rings (SSSR count). The number of piperidine rings is 1. The molecule has 1 aromatic rings. The summed E-state index contributed by atoms with van der Waals surface area (Å²) in [6.45, 7) is 5.02. The third-order valence-electron chi connectivity index (χ3n) is 4.03. The van der Waals surface area contributed by atoms with E-state index in [1.807, 2.05) is 19.3 Å². The van der Waals surface area contributed by atoms with Gasteiger partial charge in [0.05, 0.1) is 6.04 Å². The molecule has 0 saturated carbocycles. The molecule has 1 aliphatic heterocycles. The topological polar surface area (TPSA) is 71.2 Å².